The van der Waals surface area contributed by atoms with Crippen LogP contribution in [-0.2, 0) is 12.7 Å². The molecule has 0 radical (unpaired) electrons. The van der Waals surface area contributed by atoms with Crippen LogP contribution in [0.1, 0.15) is 15.9 Å². The molecule has 0 amide bonds. The summed E-state index contributed by atoms with van der Waals surface area (Å²) in [5, 5.41) is 13.5. The van der Waals surface area contributed by atoms with E-state index in [1.807, 2.05) is 30.3 Å². The Hall–Kier alpha value is -3.55. The van der Waals surface area contributed by atoms with Crippen LogP contribution in [0.15, 0.2) is 66.7 Å². The Morgan fingerprint density at radius 2 is 1.71 bits per heavy atom. The molecule has 4 aromatic rings. The van der Waals surface area contributed by atoms with Crippen molar-refractivity contribution in [3.05, 3.63) is 77.9 Å². The Morgan fingerprint density at radius 3 is 2.50 bits per heavy atom. The normalized spacial score (nSPS) is 11.7. The van der Waals surface area contributed by atoms with Crippen LogP contribution in [0.3, 0.4) is 0 Å². The fraction of sp³-hybridized carbons (Fsp3) is 0.100. The van der Waals surface area contributed by atoms with E-state index in [2.05, 4.69) is 15.4 Å². The number of alkyl halides is 3. The van der Waals surface area contributed by atoms with E-state index in [0.717, 1.165) is 27.7 Å². The second-order valence-electron chi connectivity index (χ2n) is 6.21. The lowest BCUT2D eigenvalue weighted by atomic mass is 10.0. The number of tetrazole rings is 1. The molecule has 0 aliphatic carbocycles. The molecular formula is C20H13F3N4O. The summed E-state index contributed by atoms with van der Waals surface area (Å²) >= 11 is 0. The molecule has 0 atom stereocenters. The minimum absolute atomic E-state index is 0.0254. The van der Waals surface area contributed by atoms with E-state index in [1.54, 1.807) is 12.1 Å². The molecule has 140 valence electrons. The van der Waals surface area contributed by atoms with E-state index in [0.29, 0.717) is 5.56 Å². The molecule has 0 spiro atoms. The van der Waals surface area contributed by atoms with Gasteiger partial charge in [-0.05, 0) is 34.2 Å². The third-order valence-corrected chi connectivity index (χ3v) is 4.26. The molecule has 0 aliphatic rings. The first-order valence-electron chi connectivity index (χ1n) is 8.37. The third kappa shape index (κ3) is 3.62. The summed E-state index contributed by atoms with van der Waals surface area (Å²) in [5.41, 5.74) is -0.121. The van der Waals surface area contributed by atoms with Gasteiger partial charge in [-0.3, -0.25) is 4.79 Å². The molecule has 0 saturated carbocycles. The van der Waals surface area contributed by atoms with Gasteiger partial charge in [-0.25, -0.2) is 0 Å². The van der Waals surface area contributed by atoms with E-state index < -0.39 is 11.7 Å². The van der Waals surface area contributed by atoms with E-state index >= 15 is 0 Å². The number of fused-ring (bicyclic) bond motifs is 1. The van der Waals surface area contributed by atoms with Gasteiger partial charge in [0.2, 0.25) is 5.82 Å². The summed E-state index contributed by atoms with van der Waals surface area (Å²) in [4.78, 5) is 13.6. The quantitative estimate of drug-likeness (QED) is 0.491. The highest BCUT2D eigenvalue weighted by molar-refractivity contribution is 5.99. The summed E-state index contributed by atoms with van der Waals surface area (Å²) in [6, 6.07) is 17.7. The van der Waals surface area contributed by atoms with Gasteiger partial charge >= 0.3 is 6.18 Å². The molecule has 3 aromatic carbocycles. The molecule has 0 aliphatic heterocycles. The van der Waals surface area contributed by atoms with Crippen molar-refractivity contribution in [3.63, 3.8) is 0 Å². The van der Waals surface area contributed by atoms with E-state index in [1.165, 1.54) is 12.1 Å². The lowest BCUT2D eigenvalue weighted by Crippen LogP contribution is -2.13. The number of ketones is 1. The zero-order valence-corrected chi connectivity index (χ0v) is 14.4. The molecule has 0 fully saturated rings. The average Bonchev–Trinajstić information content (AvgIpc) is 3.15. The minimum Gasteiger partial charge on any atom is -0.292 e. The fourth-order valence-corrected chi connectivity index (χ4v) is 2.84. The maximum atomic E-state index is 12.9. The van der Waals surface area contributed by atoms with Gasteiger partial charge in [0.1, 0.15) is 6.54 Å². The number of Topliss-reactive ketones (excluding diaryl/α,β-unsaturated/α-hetero) is 1. The van der Waals surface area contributed by atoms with Crippen LogP contribution >= 0.6 is 0 Å². The van der Waals surface area contributed by atoms with Crippen LogP contribution in [0, 0.1) is 0 Å². The maximum Gasteiger partial charge on any atom is 0.416 e. The molecule has 0 saturated heterocycles. The number of hydrogen-bond acceptors (Lipinski definition) is 4. The Labute approximate surface area is 157 Å². The smallest absolute Gasteiger partial charge is 0.292 e. The molecule has 28 heavy (non-hydrogen) atoms. The first kappa shape index (κ1) is 17.8. The van der Waals surface area contributed by atoms with Gasteiger partial charge in [-0.2, -0.15) is 18.0 Å². The van der Waals surface area contributed by atoms with Crippen molar-refractivity contribution in [1.29, 1.82) is 0 Å². The number of halogens is 3. The SMILES string of the molecule is O=C(Cn1nnc(-c2cccc(C(F)(F)F)c2)n1)c1ccc2ccccc2c1. The van der Waals surface area contributed by atoms with Crippen LogP contribution < -0.4 is 0 Å². The lowest BCUT2D eigenvalue weighted by Gasteiger charge is -2.06. The number of rotatable bonds is 4. The van der Waals surface area contributed by atoms with Crippen molar-refractivity contribution in [1.82, 2.24) is 20.2 Å². The van der Waals surface area contributed by atoms with Gasteiger partial charge in [-0.1, -0.05) is 48.5 Å². The average molecular weight is 382 g/mol. The molecular weight excluding hydrogens is 369 g/mol. The van der Waals surface area contributed by atoms with Crippen molar-refractivity contribution >= 4 is 16.6 Å². The van der Waals surface area contributed by atoms with Gasteiger partial charge in [-0.15, -0.1) is 10.2 Å². The van der Waals surface area contributed by atoms with E-state index in [-0.39, 0.29) is 23.7 Å². The van der Waals surface area contributed by atoms with Crippen molar-refractivity contribution in [3.8, 4) is 11.4 Å². The highest BCUT2D eigenvalue weighted by Gasteiger charge is 2.30. The van der Waals surface area contributed by atoms with Crippen molar-refractivity contribution < 1.29 is 18.0 Å². The monoisotopic (exact) mass is 382 g/mol. The lowest BCUT2D eigenvalue weighted by molar-refractivity contribution is -0.137. The Bertz CT molecular complexity index is 1170. The molecule has 8 heteroatoms. The Kier molecular flexibility index (Phi) is 4.38. The maximum absolute atomic E-state index is 12.9. The molecule has 0 unspecified atom stereocenters. The first-order valence-corrected chi connectivity index (χ1v) is 8.37. The minimum atomic E-state index is -4.46. The molecule has 1 heterocycles. The summed E-state index contributed by atoms with van der Waals surface area (Å²) in [6.45, 7) is -0.162. The summed E-state index contributed by atoms with van der Waals surface area (Å²) < 4.78 is 38.6. The Balaban J connectivity index is 1.55. The predicted octanol–water partition coefficient (Wildman–Crippen LogP) is 4.40. The van der Waals surface area contributed by atoms with Gasteiger partial charge in [0.25, 0.3) is 0 Å². The molecule has 0 bridgehead atoms. The van der Waals surface area contributed by atoms with Crippen molar-refractivity contribution in [2.75, 3.05) is 0 Å². The third-order valence-electron chi connectivity index (χ3n) is 4.26. The number of benzene rings is 3. The van der Waals surface area contributed by atoms with Crippen LogP contribution in [-0.4, -0.2) is 26.0 Å². The van der Waals surface area contributed by atoms with Crippen LogP contribution in [0.5, 0.6) is 0 Å². The largest absolute Gasteiger partial charge is 0.416 e. The topological polar surface area (TPSA) is 60.7 Å². The molecule has 1 aromatic heterocycles. The number of carbonyl (C=O) groups excluding carboxylic acids is 1. The van der Waals surface area contributed by atoms with Crippen LogP contribution in [0.25, 0.3) is 22.2 Å². The second kappa shape index (κ2) is 6.88. The van der Waals surface area contributed by atoms with E-state index in [4.69, 9.17) is 0 Å². The van der Waals surface area contributed by atoms with Crippen molar-refractivity contribution in [2.24, 2.45) is 0 Å². The fourth-order valence-electron chi connectivity index (χ4n) is 2.84. The number of aromatic nitrogens is 4. The summed E-state index contributed by atoms with van der Waals surface area (Å²) in [6.07, 6.45) is -4.46. The van der Waals surface area contributed by atoms with Gasteiger partial charge in [0.05, 0.1) is 5.56 Å². The zero-order chi connectivity index (χ0) is 19.7. The number of nitrogens with zero attached hydrogens (tertiary/aromatic N) is 4. The summed E-state index contributed by atoms with van der Waals surface area (Å²) in [5.74, 6) is -0.198. The molecule has 5 nitrogen and oxygen atoms in total. The first-order chi connectivity index (χ1) is 13.4. The van der Waals surface area contributed by atoms with Crippen molar-refractivity contribution in [2.45, 2.75) is 12.7 Å². The van der Waals surface area contributed by atoms with E-state index in [9.17, 15) is 18.0 Å². The van der Waals surface area contributed by atoms with Crippen LogP contribution in [0.2, 0.25) is 0 Å². The highest BCUT2D eigenvalue weighted by Crippen LogP contribution is 2.31. The second-order valence-corrected chi connectivity index (χ2v) is 6.21. The van der Waals surface area contributed by atoms with Gasteiger partial charge in [0, 0.05) is 11.1 Å². The Morgan fingerprint density at radius 1 is 0.929 bits per heavy atom. The molecule has 0 N–H and O–H groups in total. The summed E-state index contributed by atoms with van der Waals surface area (Å²) in [7, 11) is 0. The zero-order valence-electron chi connectivity index (χ0n) is 14.4. The highest BCUT2D eigenvalue weighted by atomic mass is 19.4. The standard InChI is InChI=1S/C20H13F3N4O/c21-20(22,23)17-7-3-6-16(11-17)19-24-26-27(25-19)12-18(28)15-9-8-13-4-1-2-5-14(13)10-15/h1-11H,12H2. The van der Waals surface area contributed by atoms with Crippen LogP contribution in [0.4, 0.5) is 13.2 Å². The number of hydrogen-bond donors (Lipinski definition) is 0. The van der Waals surface area contributed by atoms with Gasteiger partial charge < -0.3 is 0 Å². The predicted molar refractivity (Wildman–Crippen MR) is 96.5 cm³/mol. The van der Waals surface area contributed by atoms with Gasteiger partial charge in [0.15, 0.2) is 5.78 Å². The number of carbonyl (C=O) groups is 1. The molecule has 4 rings (SSSR count).